The van der Waals surface area contributed by atoms with Crippen LogP contribution in [0.2, 0.25) is 10.0 Å². The fourth-order valence-electron chi connectivity index (χ4n) is 1.25. The lowest BCUT2D eigenvalue weighted by Crippen LogP contribution is -2.02. The number of halogens is 3. The summed E-state index contributed by atoms with van der Waals surface area (Å²) in [5.74, 6) is -0.474. The molecule has 0 aliphatic heterocycles. The predicted molar refractivity (Wildman–Crippen MR) is 56.5 cm³/mol. The monoisotopic (exact) mass is 236 g/mol. The highest BCUT2D eigenvalue weighted by atomic mass is 35.5. The molecule has 1 atom stereocenters. The van der Waals surface area contributed by atoms with Crippen LogP contribution in [-0.2, 0) is 4.74 Å². The van der Waals surface area contributed by atoms with Crippen LogP contribution in [0.1, 0.15) is 25.5 Å². The van der Waals surface area contributed by atoms with Gasteiger partial charge >= 0.3 is 0 Å². The fourth-order valence-corrected chi connectivity index (χ4v) is 1.93. The molecule has 0 radical (unpaired) electrons. The Balaban J connectivity index is 3.11. The molecule has 1 aromatic carbocycles. The normalized spacial score (nSPS) is 12.9. The molecule has 0 bridgehead atoms. The second kappa shape index (κ2) is 4.96. The van der Waals surface area contributed by atoms with Crippen molar-refractivity contribution < 1.29 is 9.13 Å². The average molecular weight is 237 g/mol. The highest BCUT2D eigenvalue weighted by Gasteiger charge is 2.16. The van der Waals surface area contributed by atoms with E-state index in [0.717, 1.165) is 0 Å². The van der Waals surface area contributed by atoms with Crippen LogP contribution in [0.5, 0.6) is 0 Å². The molecule has 0 aromatic heterocycles. The van der Waals surface area contributed by atoms with Crippen molar-refractivity contribution in [1.82, 2.24) is 0 Å². The first kappa shape index (κ1) is 11.8. The van der Waals surface area contributed by atoms with E-state index in [4.69, 9.17) is 27.9 Å². The van der Waals surface area contributed by atoms with Gasteiger partial charge in [0.15, 0.2) is 0 Å². The second-order valence-corrected chi connectivity index (χ2v) is 3.64. The number of hydrogen-bond donors (Lipinski definition) is 0. The van der Waals surface area contributed by atoms with Crippen LogP contribution in [0, 0.1) is 5.82 Å². The van der Waals surface area contributed by atoms with Crippen LogP contribution < -0.4 is 0 Å². The van der Waals surface area contributed by atoms with Gasteiger partial charge in [0.1, 0.15) is 5.82 Å². The highest BCUT2D eigenvalue weighted by molar-refractivity contribution is 6.36. The largest absolute Gasteiger partial charge is 0.374 e. The third-order valence-electron chi connectivity index (χ3n) is 1.90. The van der Waals surface area contributed by atoms with Gasteiger partial charge < -0.3 is 4.74 Å². The van der Waals surface area contributed by atoms with Crippen LogP contribution in [-0.4, -0.2) is 6.61 Å². The molecular formula is C10H11Cl2FO. The molecule has 78 valence electrons. The molecule has 1 aromatic rings. The molecule has 0 fully saturated rings. The van der Waals surface area contributed by atoms with Gasteiger partial charge in [-0.25, -0.2) is 4.39 Å². The zero-order valence-electron chi connectivity index (χ0n) is 7.98. The van der Waals surface area contributed by atoms with Crippen molar-refractivity contribution in [2.24, 2.45) is 0 Å². The SMILES string of the molecule is CCOC(C)c1c(Cl)ccc(F)c1Cl. The first-order chi connectivity index (χ1) is 6.57. The Morgan fingerprint density at radius 1 is 1.43 bits per heavy atom. The molecule has 0 saturated carbocycles. The van der Waals surface area contributed by atoms with Crippen molar-refractivity contribution in [2.75, 3.05) is 6.61 Å². The summed E-state index contributed by atoms with van der Waals surface area (Å²) in [6.07, 6.45) is -0.296. The maximum Gasteiger partial charge on any atom is 0.142 e. The minimum atomic E-state index is -0.474. The van der Waals surface area contributed by atoms with Gasteiger partial charge in [-0.15, -0.1) is 0 Å². The lowest BCUT2D eigenvalue weighted by atomic mass is 10.1. The van der Waals surface area contributed by atoms with Crippen LogP contribution in [0.15, 0.2) is 12.1 Å². The maximum absolute atomic E-state index is 13.1. The van der Waals surface area contributed by atoms with Gasteiger partial charge in [0.05, 0.1) is 11.1 Å². The van der Waals surface area contributed by atoms with Gasteiger partial charge in [-0.2, -0.15) is 0 Å². The summed E-state index contributed by atoms with van der Waals surface area (Å²) in [6, 6.07) is 2.72. The standard InChI is InChI=1S/C10H11Cl2FO/c1-3-14-6(2)9-7(11)4-5-8(13)10(9)12/h4-6H,3H2,1-2H3. The molecule has 1 nitrogen and oxygen atoms in total. The fraction of sp³-hybridized carbons (Fsp3) is 0.400. The van der Waals surface area contributed by atoms with Crippen LogP contribution in [0.4, 0.5) is 4.39 Å². The Morgan fingerprint density at radius 3 is 2.64 bits per heavy atom. The number of hydrogen-bond acceptors (Lipinski definition) is 1. The molecule has 14 heavy (non-hydrogen) atoms. The number of ether oxygens (including phenoxy) is 1. The lowest BCUT2D eigenvalue weighted by Gasteiger charge is -2.15. The summed E-state index contributed by atoms with van der Waals surface area (Å²) >= 11 is 11.7. The molecule has 0 aliphatic rings. The van der Waals surface area contributed by atoms with Crippen molar-refractivity contribution in [2.45, 2.75) is 20.0 Å². The van der Waals surface area contributed by atoms with Crippen molar-refractivity contribution in [3.05, 3.63) is 33.6 Å². The average Bonchev–Trinajstić information content (AvgIpc) is 2.13. The number of rotatable bonds is 3. The Kier molecular flexibility index (Phi) is 4.17. The van der Waals surface area contributed by atoms with E-state index in [2.05, 4.69) is 0 Å². The minimum absolute atomic E-state index is 0.0402. The molecule has 0 amide bonds. The Morgan fingerprint density at radius 2 is 2.07 bits per heavy atom. The summed E-state index contributed by atoms with van der Waals surface area (Å²) in [6.45, 7) is 4.18. The van der Waals surface area contributed by atoms with E-state index in [1.54, 1.807) is 6.92 Å². The van der Waals surface area contributed by atoms with E-state index in [1.165, 1.54) is 12.1 Å². The van der Waals surface area contributed by atoms with Gasteiger partial charge in [-0.05, 0) is 26.0 Å². The zero-order chi connectivity index (χ0) is 10.7. The van der Waals surface area contributed by atoms with Gasteiger partial charge in [0, 0.05) is 17.2 Å². The van der Waals surface area contributed by atoms with E-state index in [-0.39, 0.29) is 11.1 Å². The van der Waals surface area contributed by atoms with Crippen molar-refractivity contribution in [3.63, 3.8) is 0 Å². The zero-order valence-corrected chi connectivity index (χ0v) is 9.49. The Labute approximate surface area is 92.8 Å². The first-order valence-corrected chi connectivity index (χ1v) is 5.08. The molecule has 0 spiro atoms. The first-order valence-electron chi connectivity index (χ1n) is 4.33. The van der Waals surface area contributed by atoms with E-state index >= 15 is 0 Å². The molecule has 1 unspecified atom stereocenters. The Hall–Kier alpha value is -0.310. The van der Waals surface area contributed by atoms with Crippen molar-refractivity contribution in [3.8, 4) is 0 Å². The second-order valence-electron chi connectivity index (χ2n) is 2.85. The molecule has 1 rings (SSSR count). The molecule has 4 heteroatoms. The summed E-state index contributed by atoms with van der Waals surface area (Å²) in [5.41, 5.74) is 0.509. The third-order valence-corrected chi connectivity index (χ3v) is 2.62. The van der Waals surface area contributed by atoms with Gasteiger partial charge in [0.2, 0.25) is 0 Å². The lowest BCUT2D eigenvalue weighted by molar-refractivity contribution is 0.0763. The molecular weight excluding hydrogens is 226 g/mol. The molecule has 0 heterocycles. The summed E-state index contributed by atoms with van der Waals surface area (Å²) in [5, 5.41) is 0.468. The van der Waals surface area contributed by atoms with E-state index in [0.29, 0.717) is 17.2 Å². The summed E-state index contributed by atoms with van der Waals surface area (Å²) in [4.78, 5) is 0. The predicted octanol–water partition coefficient (Wildman–Crippen LogP) is 4.23. The van der Waals surface area contributed by atoms with Crippen LogP contribution in [0.25, 0.3) is 0 Å². The quantitative estimate of drug-likeness (QED) is 0.714. The van der Waals surface area contributed by atoms with Gasteiger partial charge in [-0.1, -0.05) is 23.2 Å². The van der Waals surface area contributed by atoms with Gasteiger partial charge in [-0.3, -0.25) is 0 Å². The van der Waals surface area contributed by atoms with Crippen LogP contribution >= 0.6 is 23.2 Å². The van der Waals surface area contributed by atoms with Crippen molar-refractivity contribution in [1.29, 1.82) is 0 Å². The smallest absolute Gasteiger partial charge is 0.142 e. The molecule has 0 saturated heterocycles. The van der Waals surface area contributed by atoms with Crippen LogP contribution in [0.3, 0.4) is 0 Å². The third kappa shape index (κ3) is 2.38. The Bertz CT molecular complexity index is 328. The maximum atomic E-state index is 13.1. The highest BCUT2D eigenvalue weighted by Crippen LogP contribution is 2.33. The minimum Gasteiger partial charge on any atom is -0.374 e. The van der Waals surface area contributed by atoms with Crippen molar-refractivity contribution >= 4 is 23.2 Å². The van der Waals surface area contributed by atoms with E-state index in [1.807, 2.05) is 6.92 Å². The molecule has 0 N–H and O–H groups in total. The number of benzene rings is 1. The van der Waals surface area contributed by atoms with Gasteiger partial charge in [0.25, 0.3) is 0 Å². The van der Waals surface area contributed by atoms with E-state index < -0.39 is 5.82 Å². The summed E-state index contributed by atoms with van der Waals surface area (Å²) in [7, 11) is 0. The van der Waals surface area contributed by atoms with E-state index in [9.17, 15) is 4.39 Å². The summed E-state index contributed by atoms with van der Waals surface area (Å²) < 4.78 is 18.4. The topological polar surface area (TPSA) is 9.23 Å². The molecule has 0 aliphatic carbocycles.